The van der Waals surface area contributed by atoms with Gasteiger partial charge in [0, 0.05) is 29.4 Å². The highest BCUT2D eigenvalue weighted by Crippen LogP contribution is 2.22. The lowest BCUT2D eigenvalue weighted by molar-refractivity contribution is 0.0996. The van der Waals surface area contributed by atoms with Gasteiger partial charge in [-0.1, -0.05) is 27.3 Å². The Morgan fingerprint density at radius 3 is 2.57 bits per heavy atom. The summed E-state index contributed by atoms with van der Waals surface area (Å²) in [5, 5.41) is 0. The van der Waals surface area contributed by atoms with Crippen molar-refractivity contribution in [1.29, 1.82) is 0 Å². The van der Waals surface area contributed by atoms with Crippen LogP contribution in [0, 0.1) is 0 Å². The molecule has 0 atom stereocenters. The van der Waals surface area contributed by atoms with Crippen molar-refractivity contribution in [2.24, 2.45) is 4.99 Å². The van der Waals surface area contributed by atoms with Gasteiger partial charge in [0.2, 0.25) is 0 Å². The van der Waals surface area contributed by atoms with E-state index in [0.29, 0.717) is 30.1 Å². The highest BCUT2D eigenvalue weighted by molar-refractivity contribution is 9.10. The van der Waals surface area contributed by atoms with Crippen LogP contribution in [0.5, 0.6) is 0 Å². The van der Waals surface area contributed by atoms with E-state index in [4.69, 9.17) is 4.74 Å². The second-order valence-electron chi connectivity index (χ2n) is 6.06. The van der Waals surface area contributed by atoms with E-state index in [0.717, 1.165) is 14.7 Å². The number of rotatable bonds is 6. The third kappa shape index (κ3) is 4.78. The van der Waals surface area contributed by atoms with Crippen LogP contribution in [0.25, 0.3) is 10.2 Å². The highest BCUT2D eigenvalue weighted by Gasteiger charge is 2.13. The van der Waals surface area contributed by atoms with Crippen LogP contribution in [-0.4, -0.2) is 38.4 Å². The first-order chi connectivity index (χ1) is 13.3. The molecule has 148 valence electrons. The maximum atomic E-state index is 12.6. The summed E-state index contributed by atoms with van der Waals surface area (Å²) in [7, 11) is -3.32. The summed E-state index contributed by atoms with van der Waals surface area (Å²) in [5.74, 6) is -0.354. The predicted molar refractivity (Wildman–Crippen MR) is 113 cm³/mol. The molecule has 0 aliphatic rings. The van der Waals surface area contributed by atoms with Crippen molar-refractivity contribution in [2.75, 3.05) is 19.5 Å². The number of fused-ring (bicyclic) bond motifs is 1. The lowest BCUT2D eigenvalue weighted by atomic mass is 10.2. The first-order valence-electron chi connectivity index (χ1n) is 8.55. The predicted octanol–water partition coefficient (Wildman–Crippen LogP) is 3.65. The normalized spacial score (nSPS) is 12.6. The molecule has 0 N–H and O–H groups in total. The molecule has 1 aromatic heterocycles. The lowest BCUT2D eigenvalue weighted by Crippen LogP contribution is -2.19. The molecule has 3 aromatic rings. The Morgan fingerprint density at radius 1 is 1.21 bits per heavy atom. The minimum atomic E-state index is -3.32. The third-order valence-corrected chi connectivity index (χ3v) is 6.71. The smallest absolute Gasteiger partial charge is 0.279 e. The van der Waals surface area contributed by atoms with Crippen molar-refractivity contribution < 1.29 is 17.9 Å². The summed E-state index contributed by atoms with van der Waals surface area (Å²) in [6.07, 6.45) is 1.17. The first kappa shape index (κ1) is 20.9. The molecule has 1 heterocycles. The molecule has 0 spiro atoms. The van der Waals surface area contributed by atoms with Crippen LogP contribution in [0.2, 0.25) is 0 Å². The minimum Gasteiger partial charge on any atom is -0.380 e. The Bertz CT molecular complexity index is 1180. The molecular formula is C19H19BrN2O4S2. The van der Waals surface area contributed by atoms with Crippen molar-refractivity contribution in [3.05, 3.63) is 57.3 Å². The van der Waals surface area contributed by atoms with Crippen LogP contribution in [0.15, 0.2) is 56.8 Å². The molecule has 0 bridgehead atoms. The van der Waals surface area contributed by atoms with E-state index >= 15 is 0 Å². The number of hydrogen-bond donors (Lipinski definition) is 0. The maximum absolute atomic E-state index is 12.6. The Morgan fingerprint density at radius 2 is 1.93 bits per heavy atom. The molecule has 0 unspecified atom stereocenters. The topological polar surface area (TPSA) is 77.7 Å². The largest absolute Gasteiger partial charge is 0.380 e. The van der Waals surface area contributed by atoms with Crippen LogP contribution < -0.4 is 4.80 Å². The number of thiazole rings is 1. The van der Waals surface area contributed by atoms with E-state index in [1.165, 1.54) is 17.6 Å². The Hall–Kier alpha value is -1.81. The fourth-order valence-electron chi connectivity index (χ4n) is 2.63. The van der Waals surface area contributed by atoms with Gasteiger partial charge in [-0.05, 0) is 49.4 Å². The number of halogens is 1. The zero-order valence-corrected chi connectivity index (χ0v) is 18.6. The van der Waals surface area contributed by atoms with Gasteiger partial charge in [-0.25, -0.2) is 8.42 Å². The fourth-order valence-corrected chi connectivity index (χ4v) is 4.71. The van der Waals surface area contributed by atoms with Gasteiger partial charge in [0.25, 0.3) is 5.91 Å². The van der Waals surface area contributed by atoms with E-state index in [-0.39, 0.29) is 10.8 Å². The molecule has 3 rings (SSSR count). The van der Waals surface area contributed by atoms with Crippen molar-refractivity contribution in [1.82, 2.24) is 4.57 Å². The molecule has 1 amide bonds. The second kappa shape index (κ2) is 8.69. The van der Waals surface area contributed by atoms with Gasteiger partial charge in [0.1, 0.15) is 0 Å². The Balaban J connectivity index is 2.11. The van der Waals surface area contributed by atoms with Gasteiger partial charge in [-0.15, -0.1) is 0 Å². The number of hydrogen-bond acceptors (Lipinski definition) is 5. The number of amides is 1. The van der Waals surface area contributed by atoms with Crippen molar-refractivity contribution in [3.63, 3.8) is 0 Å². The number of sulfone groups is 1. The fraction of sp³-hybridized carbons (Fsp3) is 0.263. The number of carbonyl (C=O) groups is 1. The van der Waals surface area contributed by atoms with Gasteiger partial charge in [0.15, 0.2) is 14.6 Å². The van der Waals surface area contributed by atoms with Gasteiger partial charge in [-0.2, -0.15) is 4.99 Å². The lowest BCUT2D eigenvalue weighted by Gasteiger charge is -2.06. The van der Waals surface area contributed by atoms with E-state index in [1.54, 1.807) is 42.5 Å². The molecule has 6 nitrogen and oxygen atoms in total. The number of carbonyl (C=O) groups excluding carboxylic acids is 1. The van der Waals surface area contributed by atoms with Crippen LogP contribution in [0.3, 0.4) is 0 Å². The van der Waals surface area contributed by atoms with E-state index in [9.17, 15) is 13.2 Å². The average molecular weight is 483 g/mol. The minimum absolute atomic E-state index is 0.240. The average Bonchev–Trinajstić information content (AvgIpc) is 2.98. The molecule has 9 heteroatoms. The third-order valence-electron chi connectivity index (χ3n) is 4.03. The Labute approximate surface area is 175 Å². The van der Waals surface area contributed by atoms with Gasteiger partial charge in [-0.3, -0.25) is 4.79 Å². The summed E-state index contributed by atoms with van der Waals surface area (Å²) in [5.41, 5.74) is 1.30. The summed E-state index contributed by atoms with van der Waals surface area (Å²) >= 11 is 4.63. The van der Waals surface area contributed by atoms with Crippen LogP contribution in [0.1, 0.15) is 17.3 Å². The van der Waals surface area contributed by atoms with Gasteiger partial charge in [0.05, 0.1) is 21.7 Å². The van der Waals surface area contributed by atoms with E-state index in [1.807, 2.05) is 11.5 Å². The molecule has 0 fully saturated rings. The van der Waals surface area contributed by atoms with Crippen molar-refractivity contribution >= 4 is 53.2 Å². The Kier molecular flexibility index (Phi) is 6.49. The van der Waals surface area contributed by atoms with Crippen LogP contribution >= 0.6 is 27.3 Å². The standard InChI is InChI=1S/C19H19BrN2O4S2/c1-3-26-11-10-22-16-9-8-15(28(2,24)25)12-17(16)27-19(22)21-18(23)13-4-6-14(20)7-5-13/h4-9,12H,3,10-11H2,1-2H3. The monoisotopic (exact) mass is 482 g/mol. The van der Waals surface area contributed by atoms with Crippen LogP contribution in [0.4, 0.5) is 0 Å². The number of ether oxygens (including phenoxy) is 1. The second-order valence-corrected chi connectivity index (χ2v) is 10.00. The first-order valence-corrected chi connectivity index (χ1v) is 12.1. The summed E-state index contributed by atoms with van der Waals surface area (Å²) in [6.45, 7) is 3.48. The molecule has 0 saturated carbocycles. The molecule has 0 saturated heterocycles. The molecular weight excluding hydrogens is 464 g/mol. The number of aromatic nitrogens is 1. The van der Waals surface area contributed by atoms with Gasteiger partial charge < -0.3 is 9.30 Å². The summed E-state index contributed by atoms with van der Waals surface area (Å²) in [6, 6.07) is 11.9. The maximum Gasteiger partial charge on any atom is 0.279 e. The zero-order chi connectivity index (χ0) is 20.3. The number of nitrogens with zero attached hydrogens (tertiary/aromatic N) is 2. The van der Waals surface area contributed by atoms with E-state index in [2.05, 4.69) is 20.9 Å². The van der Waals surface area contributed by atoms with Gasteiger partial charge >= 0.3 is 0 Å². The quantitative estimate of drug-likeness (QED) is 0.502. The SMILES string of the molecule is CCOCCn1c(=NC(=O)c2ccc(Br)cc2)sc2cc(S(C)(=O)=O)ccc21. The zero-order valence-electron chi connectivity index (χ0n) is 15.4. The van der Waals surface area contributed by atoms with Crippen molar-refractivity contribution in [2.45, 2.75) is 18.4 Å². The molecule has 28 heavy (non-hydrogen) atoms. The number of benzene rings is 2. The van der Waals surface area contributed by atoms with Crippen LogP contribution in [-0.2, 0) is 21.1 Å². The molecule has 0 aliphatic carbocycles. The van der Waals surface area contributed by atoms with Crippen molar-refractivity contribution in [3.8, 4) is 0 Å². The summed E-state index contributed by atoms with van der Waals surface area (Å²) in [4.78, 5) is 17.6. The van der Waals surface area contributed by atoms with E-state index < -0.39 is 9.84 Å². The summed E-state index contributed by atoms with van der Waals surface area (Å²) < 4.78 is 32.7. The molecule has 0 radical (unpaired) electrons. The highest BCUT2D eigenvalue weighted by atomic mass is 79.9. The molecule has 2 aromatic carbocycles. The molecule has 0 aliphatic heterocycles.